The minimum absolute atomic E-state index is 0.152. The maximum absolute atomic E-state index is 14.7. The number of hydrogen-bond donors (Lipinski definition) is 0. The molecule has 8 heteroatoms. The summed E-state index contributed by atoms with van der Waals surface area (Å²) in [4.78, 5) is -0.152. The van der Waals surface area contributed by atoms with Crippen molar-refractivity contribution in [3.05, 3.63) is 101 Å². The van der Waals surface area contributed by atoms with E-state index in [1.807, 2.05) is 0 Å². The molecule has 0 saturated heterocycles. The van der Waals surface area contributed by atoms with Gasteiger partial charge in [-0.3, -0.25) is 4.31 Å². The number of sulfonamides is 1. The summed E-state index contributed by atoms with van der Waals surface area (Å²) in [5.74, 6) is -2.22. The smallest absolute Gasteiger partial charge is 0.256 e. The molecule has 0 heterocycles. The van der Waals surface area contributed by atoms with Crippen LogP contribution in [0, 0.1) is 24.4 Å². The first-order chi connectivity index (χ1) is 14.1. The van der Waals surface area contributed by atoms with Crippen LogP contribution in [0.5, 0.6) is 0 Å². The van der Waals surface area contributed by atoms with Gasteiger partial charge < -0.3 is 0 Å². The Morgan fingerprint density at radius 2 is 1.57 bits per heavy atom. The van der Waals surface area contributed by atoms with Crippen molar-refractivity contribution in [2.75, 3.05) is 4.31 Å². The number of rotatable bonds is 6. The van der Waals surface area contributed by atoms with Gasteiger partial charge >= 0.3 is 0 Å². The van der Waals surface area contributed by atoms with Crippen molar-refractivity contribution in [2.45, 2.75) is 24.3 Å². The molecule has 0 saturated carbocycles. The van der Waals surface area contributed by atoms with Gasteiger partial charge in [0, 0.05) is 11.1 Å². The Morgan fingerprint density at radius 3 is 2.20 bits per heavy atom. The molecular formula is C22H18ClF3NO2S. The molecule has 0 aliphatic rings. The maximum Gasteiger partial charge on any atom is 0.264 e. The molecule has 3 aromatic rings. The van der Waals surface area contributed by atoms with Crippen LogP contribution in [0.4, 0.5) is 18.9 Å². The molecule has 3 nitrogen and oxygen atoms in total. The molecule has 1 atom stereocenters. The fourth-order valence-electron chi connectivity index (χ4n) is 3.25. The Balaban J connectivity index is 2.25. The molecule has 3 rings (SSSR count). The van der Waals surface area contributed by atoms with Crippen LogP contribution in [0.25, 0.3) is 0 Å². The molecule has 0 aliphatic heterocycles. The van der Waals surface area contributed by atoms with Crippen LogP contribution in [0.3, 0.4) is 0 Å². The van der Waals surface area contributed by atoms with Gasteiger partial charge in [-0.05, 0) is 79.9 Å². The maximum atomic E-state index is 14.7. The van der Waals surface area contributed by atoms with Crippen LogP contribution in [0.15, 0.2) is 65.6 Å². The SMILES string of the molecule is [CH2]Cc1cc(F)ccc1[C@@H](C)N(c1cc(F)ccc1F)S(=O)(=O)c1ccc(Cl)cc1. The zero-order valence-corrected chi connectivity index (χ0v) is 17.5. The van der Waals surface area contributed by atoms with E-state index in [0.29, 0.717) is 16.1 Å². The van der Waals surface area contributed by atoms with Crippen molar-refractivity contribution in [2.24, 2.45) is 0 Å². The zero-order valence-electron chi connectivity index (χ0n) is 15.9. The first kappa shape index (κ1) is 22.2. The quantitative estimate of drug-likeness (QED) is 0.454. The van der Waals surface area contributed by atoms with Crippen molar-refractivity contribution in [1.82, 2.24) is 0 Å². The van der Waals surface area contributed by atoms with Gasteiger partial charge in [0.25, 0.3) is 10.0 Å². The van der Waals surface area contributed by atoms with E-state index >= 15 is 0 Å². The summed E-state index contributed by atoms with van der Waals surface area (Å²) in [6.07, 6.45) is 0.178. The van der Waals surface area contributed by atoms with E-state index in [4.69, 9.17) is 11.6 Å². The van der Waals surface area contributed by atoms with E-state index in [0.717, 1.165) is 22.5 Å². The van der Waals surface area contributed by atoms with Crippen molar-refractivity contribution in [3.63, 3.8) is 0 Å². The Hall–Kier alpha value is -2.51. The largest absolute Gasteiger partial charge is 0.264 e. The fourth-order valence-corrected chi connectivity index (χ4v) is 5.01. The van der Waals surface area contributed by atoms with Crippen LogP contribution in [-0.4, -0.2) is 8.42 Å². The van der Waals surface area contributed by atoms with E-state index in [1.54, 1.807) is 0 Å². The summed E-state index contributed by atoms with van der Waals surface area (Å²) in [6, 6.07) is 10.8. The van der Waals surface area contributed by atoms with E-state index in [2.05, 4.69) is 6.92 Å². The summed E-state index contributed by atoms with van der Waals surface area (Å²) in [5.41, 5.74) is 0.417. The van der Waals surface area contributed by atoms with Gasteiger partial charge in [0.15, 0.2) is 0 Å². The molecule has 0 spiro atoms. The first-order valence-corrected chi connectivity index (χ1v) is 10.8. The molecule has 0 fully saturated rings. The van der Waals surface area contributed by atoms with Crippen LogP contribution in [0.1, 0.15) is 24.1 Å². The van der Waals surface area contributed by atoms with E-state index in [-0.39, 0.29) is 11.3 Å². The van der Waals surface area contributed by atoms with Crippen LogP contribution >= 0.6 is 11.6 Å². The highest BCUT2D eigenvalue weighted by Gasteiger charge is 2.33. The first-order valence-electron chi connectivity index (χ1n) is 8.97. The standard InChI is InChI=1S/C22H18ClF3NO2S/c1-3-15-12-17(24)6-10-20(15)14(2)27(22-13-18(25)7-11-21(22)26)30(28,29)19-8-4-16(23)5-9-19/h4-14H,1,3H2,2H3/t14-/m1/s1. The highest BCUT2D eigenvalue weighted by molar-refractivity contribution is 7.92. The van der Waals surface area contributed by atoms with E-state index < -0.39 is 39.2 Å². The topological polar surface area (TPSA) is 37.4 Å². The Bertz CT molecular complexity index is 1170. The molecule has 0 bridgehead atoms. The van der Waals surface area contributed by atoms with Gasteiger partial charge in [-0.25, -0.2) is 21.6 Å². The lowest BCUT2D eigenvalue weighted by Crippen LogP contribution is -2.35. The fraction of sp³-hybridized carbons (Fsp3) is 0.136. The summed E-state index contributed by atoms with van der Waals surface area (Å²) in [5, 5.41) is 0.323. The van der Waals surface area contributed by atoms with Gasteiger partial charge in [0.2, 0.25) is 0 Å². The minimum atomic E-state index is -4.34. The molecule has 0 aromatic heterocycles. The monoisotopic (exact) mass is 452 g/mol. The van der Waals surface area contributed by atoms with E-state index in [9.17, 15) is 21.6 Å². The summed E-state index contributed by atoms with van der Waals surface area (Å²) in [6.45, 7) is 5.27. The third-order valence-electron chi connectivity index (χ3n) is 4.69. The van der Waals surface area contributed by atoms with Crippen LogP contribution < -0.4 is 4.31 Å². The lowest BCUT2D eigenvalue weighted by molar-refractivity contribution is 0.569. The lowest BCUT2D eigenvalue weighted by atomic mass is 9.99. The lowest BCUT2D eigenvalue weighted by Gasteiger charge is -2.32. The predicted octanol–water partition coefficient (Wildman–Crippen LogP) is 6.09. The molecule has 1 radical (unpaired) electrons. The third-order valence-corrected chi connectivity index (χ3v) is 6.84. The van der Waals surface area contributed by atoms with Gasteiger partial charge in [0.05, 0.1) is 16.6 Å². The van der Waals surface area contributed by atoms with E-state index in [1.165, 1.54) is 49.4 Å². The molecule has 157 valence electrons. The van der Waals surface area contributed by atoms with Crippen LogP contribution in [0.2, 0.25) is 5.02 Å². The van der Waals surface area contributed by atoms with Gasteiger partial charge in [-0.15, -0.1) is 0 Å². The average Bonchev–Trinajstić information content (AvgIpc) is 2.70. The number of anilines is 1. The van der Waals surface area contributed by atoms with Crippen molar-refractivity contribution in [3.8, 4) is 0 Å². The highest BCUT2D eigenvalue weighted by atomic mass is 35.5. The molecule has 30 heavy (non-hydrogen) atoms. The highest BCUT2D eigenvalue weighted by Crippen LogP contribution is 2.37. The molecule has 3 aromatic carbocycles. The van der Waals surface area contributed by atoms with Crippen LogP contribution in [-0.2, 0) is 16.4 Å². The normalized spacial score (nSPS) is 12.6. The number of halogens is 4. The summed E-state index contributed by atoms with van der Waals surface area (Å²) in [7, 11) is -4.34. The number of hydrogen-bond acceptors (Lipinski definition) is 2. The molecular weight excluding hydrogens is 435 g/mol. The summed E-state index contributed by atoms with van der Waals surface area (Å²) >= 11 is 5.86. The number of benzene rings is 3. The Kier molecular flexibility index (Phi) is 6.43. The van der Waals surface area contributed by atoms with Crippen molar-refractivity contribution < 1.29 is 21.6 Å². The van der Waals surface area contributed by atoms with Gasteiger partial charge in [-0.2, -0.15) is 0 Å². The molecule has 0 N–H and O–H groups in total. The van der Waals surface area contributed by atoms with Gasteiger partial charge in [0.1, 0.15) is 17.5 Å². The molecule has 0 amide bonds. The zero-order chi connectivity index (χ0) is 22.1. The second-order valence-corrected chi connectivity index (χ2v) is 8.87. The minimum Gasteiger partial charge on any atom is -0.256 e. The number of nitrogens with zero attached hydrogens (tertiary/aromatic N) is 1. The van der Waals surface area contributed by atoms with Gasteiger partial charge in [-0.1, -0.05) is 17.7 Å². The second kappa shape index (κ2) is 8.70. The second-order valence-electron chi connectivity index (χ2n) is 6.62. The molecule has 0 unspecified atom stereocenters. The predicted molar refractivity (Wildman–Crippen MR) is 111 cm³/mol. The Labute approximate surface area is 178 Å². The third kappa shape index (κ3) is 4.32. The molecule has 0 aliphatic carbocycles. The average molecular weight is 453 g/mol. The van der Waals surface area contributed by atoms with Crippen molar-refractivity contribution >= 4 is 27.3 Å². The Morgan fingerprint density at radius 1 is 0.967 bits per heavy atom. The summed E-state index contributed by atoms with van der Waals surface area (Å²) < 4.78 is 70.1. The van der Waals surface area contributed by atoms with Crippen molar-refractivity contribution in [1.29, 1.82) is 0 Å².